The van der Waals surface area contributed by atoms with Crippen LogP contribution >= 0.6 is 0 Å². The van der Waals surface area contributed by atoms with Gasteiger partial charge in [0.25, 0.3) is 0 Å². The van der Waals surface area contributed by atoms with Crippen LogP contribution in [0.25, 0.3) is 12.2 Å². The quantitative estimate of drug-likeness (QED) is 0.591. The van der Waals surface area contributed by atoms with E-state index in [9.17, 15) is 14.7 Å². The number of nitrogen functional groups attached to an aromatic ring is 1. The fourth-order valence-electron chi connectivity index (χ4n) is 1.98. The highest BCUT2D eigenvalue weighted by Crippen LogP contribution is 2.23. The second-order valence-corrected chi connectivity index (χ2v) is 4.35. The molecule has 0 saturated carbocycles. The van der Waals surface area contributed by atoms with Gasteiger partial charge in [-0.25, -0.2) is 9.59 Å². The third kappa shape index (κ3) is 3.09. The molecule has 0 bridgehead atoms. The van der Waals surface area contributed by atoms with Gasteiger partial charge < -0.3 is 15.9 Å². The number of nitrogens with two attached hydrogens (primary N) is 1. The maximum absolute atomic E-state index is 11.4. The van der Waals surface area contributed by atoms with E-state index in [0.717, 1.165) is 5.56 Å². The fraction of sp³-hybridized carbons (Fsp3) is 0. The molecule has 0 aliphatic carbocycles. The molecule has 2 rings (SSSR count). The summed E-state index contributed by atoms with van der Waals surface area (Å²) in [6.45, 7) is 0. The minimum atomic E-state index is -1.36. The van der Waals surface area contributed by atoms with Crippen LogP contribution in [0.5, 0.6) is 0 Å². The van der Waals surface area contributed by atoms with E-state index in [0.29, 0.717) is 0 Å². The third-order valence-electron chi connectivity index (χ3n) is 2.95. The molecule has 0 aliphatic heterocycles. The van der Waals surface area contributed by atoms with Crippen LogP contribution < -0.4 is 5.73 Å². The van der Waals surface area contributed by atoms with Gasteiger partial charge in [-0.2, -0.15) is 0 Å². The van der Waals surface area contributed by atoms with E-state index in [1.54, 1.807) is 12.2 Å². The lowest BCUT2D eigenvalue weighted by molar-refractivity contribution is 0.0652. The second kappa shape index (κ2) is 5.92. The molecule has 106 valence electrons. The summed E-state index contributed by atoms with van der Waals surface area (Å²) in [4.78, 5) is 22.6. The summed E-state index contributed by atoms with van der Waals surface area (Å²) in [5.41, 5.74) is 5.96. The number of anilines is 1. The average molecular weight is 283 g/mol. The van der Waals surface area contributed by atoms with Crippen LogP contribution in [0.3, 0.4) is 0 Å². The predicted octanol–water partition coefficient (Wildman–Crippen LogP) is 2.84. The Morgan fingerprint density at radius 2 is 1.48 bits per heavy atom. The highest BCUT2D eigenvalue weighted by atomic mass is 16.4. The summed E-state index contributed by atoms with van der Waals surface area (Å²) in [5, 5.41) is 18.4. The van der Waals surface area contributed by atoms with E-state index in [1.165, 1.54) is 12.1 Å². The lowest BCUT2D eigenvalue weighted by Gasteiger charge is -2.08. The summed E-state index contributed by atoms with van der Waals surface area (Å²) in [5.74, 6) is -2.69. The van der Waals surface area contributed by atoms with Crippen molar-refractivity contribution in [3.05, 3.63) is 64.7 Å². The molecule has 0 amide bonds. The van der Waals surface area contributed by atoms with E-state index < -0.39 is 17.5 Å². The van der Waals surface area contributed by atoms with Crippen molar-refractivity contribution < 1.29 is 19.8 Å². The highest BCUT2D eigenvalue weighted by Gasteiger charge is 2.21. The van der Waals surface area contributed by atoms with Crippen molar-refractivity contribution in [2.75, 3.05) is 5.73 Å². The zero-order chi connectivity index (χ0) is 15.4. The van der Waals surface area contributed by atoms with Gasteiger partial charge in [-0.15, -0.1) is 0 Å². The van der Waals surface area contributed by atoms with Gasteiger partial charge in [0.15, 0.2) is 0 Å². The Hall–Kier alpha value is -3.08. The second-order valence-electron chi connectivity index (χ2n) is 4.35. The molecule has 2 aromatic carbocycles. The van der Waals surface area contributed by atoms with Gasteiger partial charge in [-0.05, 0) is 17.2 Å². The first-order valence-corrected chi connectivity index (χ1v) is 6.13. The molecule has 0 atom stereocenters. The van der Waals surface area contributed by atoms with Crippen LogP contribution in [0, 0.1) is 0 Å². The maximum atomic E-state index is 11.4. The SMILES string of the molecule is Nc1ccc(C=Cc2ccccc2)c(C(=O)O)c1C(=O)O. The number of aromatic carboxylic acids is 2. The molecule has 0 spiro atoms. The molecular formula is C16H13NO4. The van der Waals surface area contributed by atoms with Crippen molar-refractivity contribution in [1.29, 1.82) is 0 Å². The Kier molecular flexibility index (Phi) is 4.04. The first kappa shape index (κ1) is 14.3. The van der Waals surface area contributed by atoms with Crippen LogP contribution in [0.15, 0.2) is 42.5 Å². The number of carbonyl (C=O) groups is 2. The van der Waals surface area contributed by atoms with Crippen molar-refractivity contribution in [2.24, 2.45) is 0 Å². The molecule has 0 heterocycles. The zero-order valence-corrected chi connectivity index (χ0v) is 11.0. The van der Waals surface area contributed by atoms with Gasteiger partial charge in [0, 0.05) is 5.69 Å². The lowest BCUT2D eigenvalue weighted by Crippen LogP contribution is -2.13. The molecule has 0 unspecified atom stereocenters. The number of carboxylic acid groups (broad SMARTS) is 2. The summed E-state index contributed by atoms with van der Waals surface area (Å²) in [7, 11) is 0. The number of hydrogen-bond acceptors (Lipinski definition) is 3. The summed E-state index contributed by atoms with van der Waals surface area (Å²) < 4.78 is 0. The molecule has 0 aromatic heterocycles. The number of benzene rings is 2. The van der Waals surface area contributed by atoms with E-state index in [2.05, 4.69) is 0 Å². The topological polar surface area (TPSA) is 101 Å². The first-order valence-electron chi connectivity index (χ1n) is 6.13. The maximum Gasteiger partial charge on any atom is 0.338 e. The van der Waals surface area contributed by atoms with Gasteiger partial charge >= 0.3 is 11.9 Å². The number of rotatable bonds is 4. The first-order chi connectivity index (χ1) is 10.0. The van der Waals surface area contributed by atoms with Crippen LogP contribution in [0.1, 0.15) is 31.8 Å². The van der Waals surface area contributed by atoms with Crippen LogP contribution in [0.2, 0.25) is 0 Å². The molecule has 2 aromatic rings. The van der Waals surface area contributed by atoms with Crippen molar-refractivity contribution in [1.82, 2.24) is 0 Å². The minimum Gasteiger partial charge on any atom is -0.478 e. The van der Waals surface area contributed by atoms with Gasteiger partial charge in [0.05, 0.1) is 11.1 Å². The van der Waals surface area contributed by atoms with Gasteiger partial charge in [0.2, 0.25) is 0 Å². The predicted molar refractivity (Wildman–Crippen MR) is 80.1 cm³/mol. The minimum absolute atomic E-state index is 0.0724. The smallest absolute Gasteiger partial charge is 0.338 e. The Balaban J connectivity index is 2.54. The summed E-state index contributed by atoms with van der Waals surface area (Å²) >= 11 is 0. The van der Waals surface area contributed by atoms with E-state index in [-0.39, 0.29) is 16.8 Å². The van der Waals surface area contributed by atoms with E-state index in [4.69, 9.17) is 10.8 Å². The summed E-state index contributed by atoms with van der Waals surface area (Å²) in [6.07, 6.45) is 3.27. The molecule has 5 heteroatoms. The molecule has 0 fully saturated rings. The number of carboxylic acids is 2. The van der Waals surface area contributed by atoms with Crippen molar-refractivity contribution in [3.63, 3.8) is 0 Å². The Labute approximate surface area is 121 Å². The molecule has 4 N–H and O–H groups in total. The summed E-state index contributed by atoms with van der Waals surface area (Å²) in [6, 6.07) is 12.2. The Morgan fingerprint density at radius 3 is 2.05 bits per heavy atom. The van der Waals surface area contributed by atoms with Gasteiger partial charge in [0.1, 0.15) is 0 Å². The van der Waals surface area contributed by atoms with Crippen LogP contribution in [-0.4, -0.2) is 22.2 Å². The molecule has 0 aliphatic rings. The highest BCUT2D eigenvalue weighted by molar-refractivity contribution is 6.08. The van der Waals surface area contributed by atoms with Gasteiger partial charge in [-0.1, -0.05) is 48.6 Å². The average Bonchev–Trinajstić information content (AvgIpc) is 2.46. The van der Waals surface area contributed by atoms with Crippen molar-refractivity contribution in [2.45, 2.75) is 0 Å². The van der Waals surface area contributed by atoms with E-state index >= 15 is 0 Å². The lowest BCUT2D eigenvalue weighted by atomic mass is 9.98. The number of hydrogen-bond donors (Lipinski definition) is 3. The molecule has 0 radical (unpaired) electrons. The van der Waals surface area contributed by atoms with Gasteiger partial charge in [-0.3, -0.25) is 0 Å². The standard InChI is InChI=1S/C16H13NO4/c17-12-9-8-11(7-6-10-4-2-1-3-5-10)13(15(18)19)14(12)16(20)21/h1-9H,17H2,(H,18,19)(H,20,21). The normalized spacial score (nSPS) is 10.7. The Bertz CT molecular complexity index is 721. The largest absolute Gasteiger partial charge is 0.478 e. The molecule has 0 saturated heterocycles. The molecule has 5 nitrogen and oxygen atoms in total. The Morgan fingerprint density at radius 1 is 0.857 bits per heavy atom. The van der Waals surface area contributed by atoms with Crippen molar-refractivity contribution in [3.8, 4) is 0 Å². The van der Waals surface area contributed by atoms with Crippen LogP contribution in [-0.2, 0) is 0 Å². The van der Waals surface area contributed by atoms with Crippen LogP contribution in [0.4, 0.5) is 5.69 Å². The monoisotopic (exact) mass is 283 g/mol. The molecule has 21 heavy (non-hydrogen) atoms. The third-order valence-corrected chi connectivity index (χ3v) is 2.95. The molecular weight excluding hydrogens is 270 g/mol. The fourth-order valence-corrected chi connectivity index (χ4v) is 1.98. The zero-order valence-electron chi connectivity index (χ0n) is 11.0. The van der Waals surface area contributed by atoms with E-state index in [1.807, 2.05) is 30.3 Å². The van der Waals surface area contributed by atoms with Crippen molar-refractivity contribution >= 4 is 29.8 Å².